The summed E-state index contributed by atoms with van der Waals surface area (Å²) in [5.41, 5.74) is 7.61. The summed E-state index contributed by atoms with van der Waals surface area (Å²) in [6.45, 7) is 0.938. The van der Waals surface area contributed by atoms with Crippen molar-refractivity contribution in [2.24, 2.45) is 10.7 Å². The van der Waals surface area contributed by atoms with E-state index in [0.717, 1.165) is 5.56 Å². The van der Waals surface area contributed by atoms with Crippen LogP contribution in [0.15, 0.2) is 53.3 Å². The highest BCUT2D eigenvalue weighted by Crippen LogP contribution is 2.28. The third kappa shape index (κ3) is 6.62. The molecule has 1 fully saturated rings. The Bertz CT molecular complexity index is 1320. The van der Waals surface area contributed by atoms with E-state index in [1.165, 1.54) is 23.5 Å². The molecule has 1 atom stereocenters. The molecule has 3 heterocycles. The van der Waals surface area contributed by atoms with Crippen LogP contribution < -0.4 is 16.0 Å². The lowest BCUT2D eigenvalue weighted by molar-refractivity contribution is -0.120. The summed E-state index contributed by atoms with van der Waals surface area (Å²) in [7, 11) is 1.65. The van der Waals surface area contributed by atoms with Crippen molar-refractivity contribution >= 4 is 23.8 Å². The van der Waals surface area contributed by atoms with Crippen molar-refractivity contribution in [1.82, 2.24) is 10.3 Å². The van der Waals surface area contributed by atoms with E-state index < -0.39 is 23.6 Å². The molecule has 0 spiro atoms. The normalized spacial score (nSPS) is 19.3. The van der Waals surface area contributed by atoms with Crippen molar-refractivity contribution in [3.63, 3.8) is 0 Å². The molecule has 10 heteroatoms. The molecule has 1 aromatic carbocycles. The number of amides is 3. The van der Waals surface area contributed by atoms with Crippen molar-refractivity contribution in [2.75, 3.05) is 25.2 Å². The highest BCUT2D eigenvalue weighted by molar-refractivity contribution is 6.01. The minimum absolute atomic E-state index is 0.115. The number of fused-ring (bicyclic) bond motifs is 1. The number of ether oxygens (including phenoxy) is 1. The number of likely N-dealkylation sites (N-methyl/N-ethyl adjacent to an activating group) is 1. The number of nitrogens with zero attached hydrogens (tertiary/aromatic N) is 3. The monoisotopic (exact) mass is 519 g/mol. The maximum atomic E-state index is 13.8. The number of aromatic nitrogens is 1. The van der Waals surface area contributed by atoms with Gasteiger partial charge >= 0.3 is 6.03 Å². The number of aryl methyl sites for hydroxylation is 1. The number of anilines is 1. The maximum absolute atomic E-state index is 13.8. The van der Waals surface area contributed by atoms with Gasteiger partial charge in [-0.15, -0.1) is 0 Å². The van der Waals surface area contributed by atoms with Crippen LogP contribution in [0, 0.1) is 17.8 Å². The fourth-order valence-corrected chi connectivity index (χ4v) is 4.34. The van der Waals surface area contributed by atoms with Gasteiger partial charge in [-0.25, -0.2) is 14.8 Å². The Hall–Kier alpha value is -4.07. The highest BCUT2D eigenvalue weighted by atomic mass is 19.1. The van der Waals surface area contributed by atoms with Gasteiger partial charge in [0.05, 0.1) is 13.2 Å². The number of aliphatic hydroxyl groups is 1. The van der Waals surface area contributed by atoms with Crippen molar-refractivity contribution in [1.29, 1.82) is 0 Å². The molecule has 0 saturated carbocycles. The first-order chi connectivity index (χ1) is 18.3. The zero-order chi connectivity index (χ0) is 27.1. The topological polar surface area (TPSA) is 130 Å². The van der Waals surface area contributed by atoms with Crippen LogP contribution in [0.5, 0.6) is 0 Å². The van der Waals surface area contributed by atoms with E-state index in [4.69, 9.17) is 10.5 Å². The summed E-state index contributed by atoms with van der Waals surface area (Å²) in [4.78, 5) is 34.7. The van der Waals surface area contributed by atoms with Gasteiger partial charge < -0.3 is 25.8 Å². The number of pyridine rings is 1. The number of rotatable bonds is 4. The molecule has 0 aliphatic carbocycles. The number of benzene rings is 1. The van der Waals surface area contributed by atoms with E-state index in [1.54, 1.807) is 19.2 Å². The lowest BCUT2D eigenvalue weighted by Crippen LogP contribution is -2.46. The zero-order valence-electron chi connectivity index (χ0n) is 21.1. The Kier molecular flexibility index (Phi) is 8.51. The number of aliphatic imine (C=N–C) groups is 1. The van der Waals surface area contributed by atoms with Gasteiger partial charge in [-0.3, -0.25) is 4.79 Å². The predicted molar refractivity (Wildman–Crippen MR) is 141 cm³/mol. The second-order valence-corrected chi connectivity index (χ2v) is 9.31. The molecular formula is C28H30FN5O4. The maximum Gasteiger partial charge on any atom is 0.341 e. The number of allylic oxidation sites excluding steroid dienone is 1. The third-order valence-corrected chi connectivity index (χ3v) is 6.63. The smallest absolute Gasteiger partial charge is 0.341 e. The van der Waals surface area contributed by atoms with Crippen LogP contribution in [-0.2, 0) is 22.4 Å². The quantitative estimate of drug-likeness (QED) is 0.323. The van der Waals surface area contributed by atoms with E-state index in [0.29, 0.717) is 61.3 Å². The Morgan fingerprint density at radius 2 is 2.18 bits per heavy atom. The van der Waals surface area contributed by atoms with Crippen LogP contribution in [0.4, 0.5) is 14.9 Å². The van der Waals surface area contributed by atoms with Crippen molar-refractivity contribution in [3.05, 3.63) is 70.9 Å². The van der Waals surface area contributed by atoms with Gasteiger partial charge in [-0.1, -0.05) is 24.0 Å². The minimum atomic E-state index is -1.08. The van der Waals surface area contributed by atoms with E-state index >= 15 is 0 Å². The van der Waals surface area contributed by atoms with Crippen LogP contribution in [0.1, 0.15) is 36.0 Å². The second kappa shape index (κ2) is 12.0. The summed E-state index contributed by atoms with van der Waals surface area (Å²) in [5, 5.41) is 13.3. The summed E-state index contributed by atoms with van der Waals surface area (Å²) >= 11 is 0. The largest absolute Gasteiger partial charge is 0.404 e. The van der Waals surface area contributed by atoms with Crippen LogP contribution >= 0.6 is 0 Å². The number of halogens is 1. The van der Waals surface area contributed by atoms with Gasteiger partial charge in [0, 0.05) is 55.5 Å². The lowest BCUT2D eigenvalue weighted by Gasteiger charge is -2.26. The van der Waals surface area contributed by atoms with E-state index in [1.807, 2.05) is 18.2 Å². The van der Waals surface area contributed by atoms with Crippen LogP contribution in [0.25, 0.3) is 0 Å². The molecule has 0 bridgehead atoms. The molecule has 198 valence electrons. The van der Waals surface area contributed by atoms with Crippen LogP contribution in [0.3, 0.4) is 0 Å². The molecule has 1 saturated heterocycles. The van der Waals surface area contributed by atoms with Crippen molar-refractivity contribution in [3.8, 4) is 11.8 Å². The minimum Gasteiger partial charge on any atom is -0.404 e. The average molecular weight is 520 g/mol. The van der Waals surface area contributed by atoms with E-state index in [-0.39, 0.29) is 12.3 Å². The molecule has 1 aromatic heterocycles. The molecule has 2 aliphatic rings. The fraction of sp³-hybridized carbons (Fsp3) is 0.357. The van der Waals surface area contributed by atoms with Crippen LogP contribution in [-0.4, -0.2) is 60.1 Å². The van der Waals surface area contributed by atoms with E-state index in [9.17, 15) is 19.1 Å². The molecule has 2 aliphatic heterocycles. The number of hydrogen-bond donors (Lipinski definition) is 3. The molecular weight excluding hydrogens is 489 g/mol. The summed E-state index contributed by atoms with van der Waals surface area (Å²) in [5.74, 6) is 5.08. The molecule has 9 nitrogen and oxygen atoms in total. The standard InChI is InChI=1S/C28H30FN5O4/c1-34-24-16-19(8-9-28(37)10-13-38-14-11-28)4-5-21(24)6-7-23(26(34)35)33-27(36)32-18-20(17-30)15-22-3-2-12-31-25(22)29/h2-5,12,16-18,23,37H,6-7,10-11,13-15,30H2,1H3,(H,33,36)/t23-/m1/s1. The highest BCUT2D eigenvalue weighted by Gasteiger charge is 2.30. The summed E-state index contributed by atoms with van der Waals surface area (Å²) in [6.07, 6.45) is 5.81. The number of carbonyl (C=O) groups excluding carboxylic acids is 2. The summed E-state index contributed by atoms with van der Waals surface area (Å²) < 4.78 is 19.1. The first-order valence-electron chi connectivity index (χ1n) is 12.4. The molecule has 0 radical (unpaired) electrons. The average Bonchev–Trinajstić information content (AvgIpc) is 3.03. The molecule has 3 amide bonds. The van der Waals surface area contributed by atoms with Crippen LogP contribution in [0.2, 0.25) is 0 Å². The first kappa shape index (κ1) is 27.0. The van der Waals surface area contributed by atoms with Crippen molar-refractivity contribution < 1.29 is 23.8 Å². The van der Waals surface area contributed by atoms with Gasteiger partial charge in [0.25, 0.3) is 0 Å². The van der Waals surface area contributed by atoms with Gasteiger partial charge in [0.2, 0.25) is 11.9 Å². The third-order valence-electron chi connectivity index (χ3n) is 6.63. The number of carbonyl (C=O) groups is 2. The lowest BCUT2D eigenvalue weighted by atomic mass is 9.94. The number of nitrogens with one attached hydrogen (secondary N) is 1. The van der Waals surface area contributed by atoms with Gasteiger partial charge in [-0.05, 0) is 48.4 Å². The molecule has 0 unspecified atom stereocenters. The molecule has 38 heavy (non-hydrogen) atoms. The number of urea groups is 1. The van der Waals surface area contributed by atoms with E-state index in [2.05, 4.69) is 27.1 Å². The first-order valence-corrected chi connectivity index (χ1v) is 12.4. The van der Waals surface area contributed by atoms with Gasteiger partial charge in [0.15, 0.2) is 0 Å². The number of hydrogen-bond acceptors (Lipinski definition) is 6. The van der Waals surface area contributed by atoms with Gasteiger partial charge in [0.1, 0.15) is 11.6 Å². The molecule has 2 aromatic rings. The Labute approximate surface area is 220 Å². The molecule has 4 N–H and O–H groups in total. The second-order valence-electron chi connectivity index (χ2n) is 9.31. The van der Waals surface area contributed by atoms with Crippen molar-refractivity contribution in [2.45, 2.75) is 43.7 Å². The molecule has 4 rings (SSSR count). The van der Waals surface area contributed by atoms with Gasteiger partial charge in [-0.2, -0.15) is 4.39 Å². The zero-order valence-corrected chi connectivity index (χ0v) is 21.1. The Balaban J connectivity index is 1.41. The Morgan fingerprint density at radius 3 is 2.92 bits per heavy atom. The fourth-order valence-electron chi connectivity index (χ4n) is 4.34. The SMILES string of the molecule is CN1C(=O)[C@H](NC(=O)N=CC(=CN)Cc2cccnc2F)CCc2ccc(C#CC3(O)CCOCC3)cc21. The summed E-state index contributed by atoms with van der Waals surface area (Å²) in [6, 6.07) is 7.29. The number of nitrogens with two attached hydrogens (primary N) is 1. The Morgan fingerprint density at radius 1 is 1.39 bits per heavy atom. The predicted octanol–water partition coefficient (Wildman–Crippen LogP) is 2.26.